The number of carbonyl (C=O) groups is 1. The van der Waals surface area contributed by atoms with Crippen molar-refractivity contribution in [3.8, 4) is 0 Å². The Morgan fingerprint density at radius 3 is 2.28 bits per heavy atom. The molecule has 3 rings (SSSR count). The summed E-state index contributed by atoms with van der Waals surface area (Å²) < 4.78 is 0. The molecule has 2 aromatic carbocycles. The summed E-state index contributed by atoms with van der Waals surface area (Å²) in [5, 5.41) is 6.13. The molecule has 0 aliphatic rings. The highest BCUT2D eigenvalue weighted by Crippen LogP contribution is 2.19. The van der Waals surface area contributed by atoms with E-state index in [4.69, 9.17) is 0 Å². The first kappa shape index (κ1) is 16.5. The predicted molar refractivity (Wildman–Crippen MR) is 103 cm³/mol. The van der Waals surface area contributed by atoms with Crippen LogP contribution in [0.3, 0.4) is 0 Å². The van der Waals surface area contributed by atoms with Gasteiger partial charge >= 0.3 is 0 Å². The number of aromatic nitrogens is 1. The van der Waals surface area contributed by atoms with Gasteiger partial charge in [0.25, 0.3) is 5.91 Å². The van der Waals surface area contributed by atoms with Crippen molar-refractivity contribution in [3.05, 3.63) is 78.6 Å². The second kappa shape index (κ2) is 7.49. The van der Waals surface area contributed by atoms with Crippen molar-refractivity contribution in [2.45, 2.75) is 0 Å². The Labute approximate surface area is 147 Å². The van der Waals surface area contributed by atoms with Crippen LogP contribution in [-0.2, 0) is 0 Å². The predicted octanol–water partition coefficient (Wildman–Crippen LogP) is 4.14. The van der Waals surface area contributed by atoms with E-state index in [1.165, 1.54) is 0 Å². The molecule has 0 saturated carbocycles. The topological polar surface area (TPSA) is 57.3 Å². The van der Waals surface area contributed by atoms with Crippen LogP contribution in [-0.4, -0.2) is 25.0 Å². The van der Waals surface area contributed by atoms with Crippen LogP contribution >= 0.6 is 0 Å². The fourth-order valence-electron chi connectivity index (χ4n) is 2.37. The summed E-state index contributed by atoms with van der Waals surface area (Å²) in [5.41, 5.74) is 4.03. The lowest BCUT2D eigenvalue weighted by atomic mass is 10.2. The third-order valence-electron chi connectivity index (χ3n) is 3.70. The molecule has 0 spiro atoms. The van der Waals surface area contributed by atoms with Crippen LogP contribution in [0.25, 0.3) is 0 Å². The van der Waals surface area contributed by atoms with Crippen LogP contribution in [0.5, 0.6) is 0 Å². The molecule has 25 heavy (non-hydrogen) atoms. The molecular formula is C20H20N4O. The standard InChI is InChI=1S/C20H20N4O/c1-24(2)19-10-8-17(9-11-19)23-20(25)15-12-18(14-21-13-15)22-16-6-4-3-5-7-16/h3-14,22H,1-2H3,(H,23,25). The minimum absolute atomic E-state index is 0.193. The fraction of sp³-hybridized carbons (Fsp3) is 0.100. The van der Waals surface area contributed by atoms with Gasteiger partial charge in [-0.25, -0.2) is 0 Å². The van der Waals surface area contributed by atoms with Crippen LogP contribution in [0.15, 0.2) is 73.1 Å². The molecule has 0 aliphatic heterocycles. The van der Waals surface area contributed by atoms with E-state index in [-0.39, 0.29) is 5.91 Å². The summed E-state index contributed by atoms with van der Waals surface area (Å²) in [6.07, 6.45) is 3.25. The molecule has 0 atom stereocenters. The van der Waals surface area contributed by atoms with Crippen LogP contribution < -0.4 is 15.5 Å². The van der Waals surface area contributed by atoms with Crippen molar-refractivity contribution >= 4 is 28.7 Å². The third-order valence-corrected chi connectivity index (χ3v) is 3.70. The van der Waals surface area contributed by atoms with Crippen molar-refractivity contribution < 1.29 is 4.79 Å². The number of amides is 1. The average molecular weight is 332 g/mol. The third kappa shape index (κ3) is 4.35. The number of pyridine rings is 1. The van der Waals surface area contributed by atoms with Crippen molar-refractivity contribution in [2.24, 2.45) is 0 Å². The highest BCUT2D eigenvalue weighted by molar-refractivity contribution is 6.04. The number of carbonyl (C=O) groups excluding carboxylic acids is 1. The summed E-state index contributed by atoms with van der Waals surface area (Å²) in [6, 6.07) is 19.2. The zero-order valence-corrected chi connectivity index (χ0v) is 14.2. The summed E-state index contributed by atoms with van der Waals surface area (Å²) in [5.74, 6) is -0.193. The summed E-state index contributed by atoms with van der Waals surface area (Å²) >= 11 is 0. The number of nitrogens with one attached hydrogen (secondary N) is 2. The molecule has 2 N–H and O–H groups in total. The van der Waals surface area contributed by atoms with Gasteiger partial charge < -0.3 is 15.5 Å². The zero-order chi connectivity index (χ0) is 17.6. The van der Waals surface area contributed by atoms with Crippen molar-refractivity contribution in [1.29, 1.82) is 0 Å². The summed E-state index contributed by atoms with van der Waals surface area (Å²) in [7, 11) is 3.95. The first-order valence-electron chi connectivity index (χ1n) is 7.98. The summed E-state index contributed by atoms with van der Waals surface area (Å²) in [6.45, 7) is 0. The number of hydrogen-bond acceptors (Lipinski definition) is 4. The Hall–Kier alpha value is -3.34. The molecular weight excluding hydrogens is 312 g/mol. The number of para-hydroxylation sites is 1. The molecule has 1 heterocycles. The van der Waals surface area contributed by atoms with Crippen LogP contribution in [0.4, 0.5) is 22.7 Å². The Bertz CT molecular complexity index is 845. The van der Waals surface area contributed by atoms with Crippen LogP contribution in [0.1, 0.15) is 10.4 Å². The van der Waals surface area contributed by atoms with Gasteiger partial charge in [0.15, 0.2) is 0 Å². The smallest absolute Gasteiger partial charge is 0.257 e. The molecule has 1 aromatic heterocycles. The molecule has 3 aromatic rings. The van der Waals surface area contributed by atoms with E-state index >= 15 is 0 Å². The minimum atomic E-state index is -0.193. The van der Waals surface area contributed by atoms with Crippen molar-refractivity contribution in [3.63, 3.8) is 0 Å². The maximum Gasteiger partial charge on any atom is 0.257 e. The van der Waals surface area contributed by atoms with Crippen molar-refractivity contribution in [1.82, 2.24) is 4.98 Å². The maximum absolute atomic E-state index is 12.4. The van der Waals surface area contributed by atoms with Gasteiger partial charge in [0, 0.05) is 37.4 Å². The quantitative estimate of drug-likeness (QED) is 0.737. The zero-order valence-electron chi connectivity index (χ0n) is 14.2. The van der Waals surface area contributed by atoms with E-state index in [9.17, 15) is 4.79 Å². The molecule has 1 amide bonds. The fourth-order valence-corrected chi connectivity index (χ4v) is 2.37. The van der Waals surface area contributed by atoms with Gasteiger partial charge in [0.2, 0.25) is 0 Å². The lowest BCUT2D eigenvalue weighted by Gasteiger charge is -2.13. The number of benzene rings is 2. The Kier molecular flexibility index (Phi) is 4.95. The second-order valence-corrected chi connectivity index (χ2v) is 5.85. The number of hydrogen-bond donors (Lipinski definition) is 2. The van der Waals surface area contributed by atoms with Gasteiger partial charge in [-0.05, 0) is 42.5 Å². The number of anilines is 4. The highest BCUT2D eigenvalue weighted by Gasteiger charge is 2.08. The minimum Gasteiger partial charge on any atom is -0.378 e. The highest BCUT2D eigenvalue weighted by atomic mass is 16.1. The lowest BCUT2D eigenvalue weighted by molar-refractivity contribution is 0.102. The van der Waals surface area contributed by atoms with Gasteiger partial charge in [0.1, 0.15) is 0 Å². The first-order chi connectivity index (χ1) is 12.1. The normalized spacial score (nSPS) is 10.2. The SMILES string of the molecule is CN(C)c1ccc(NC(=O)c2cncc(Nc3ccccc3)c2)cc1. The monoisotopic (exact) mass is 332 g/mol. The largest absolute Gasteiger partial charge is 0.378 e. The van der Waals surface area contributed by atoms with Crippen molar-refractivity contribution in [2.75, 3.05) is 29.6 Å². The van der Waals surface area contributed by atoms with Gasteiger partial charge in [-0.2, -0.15) is 0 Å². The molecule has 126 valence electrons. The number of nitrogens with zero attached hydrogens (tertiary/aromatic N) is 2. The Morgan fingerprint density at radius 1 is 0.880 bits per heavy atom. The van der Waals surface area contributed by atoms with Gasteiger partial charge in [-0.15, -0.1) is 0 Å². The Morgan fingerprint density at radius 2 is 1.60 bits per heavy atom. The van der Waals surface area contributed by atoms with E-state index in [2.05, 4.69) is 15.6 Å². The number of rotatable bonds is 5. The average Bonchev–Trinajstić information content (AvgIpc) is 2.63. The lowest BCUT2D eigenvalue weighted by Crippen LogP contribution is -2.13. The second-order valence-electron chi connectivity index (χ2n) is 5.85. The van der Waals surface area contributed by atoms with E-state index in [0.29, 0.717) is 5.56 Å². The molecule has 5 heteroatoms. The molecule has 0 bridgehead atoms. The first-order valence-corrected chi connectivity index (χ1v) is 7.98. The van der Waals surface area contributed by atoms with Gasteiger partial charge in [-0.3, -0.25) is 9.78 Å². The Balaban J connectivity index is 1.70. The molecule has 0 saturated heterocycles. The molecule has 5 nitrogen and oxygen atoms in total. The summed E-state index contributed by atoms with van der Waals surface area (Å²) in [4.78, 5) is 18.6. The van der Waals surface area contributed by atoms with Gasteiger partial charge in [0.05, 0.1) is 17.4 Å². The van der Waals surface area contributed by atoms with Crippen LogP contribution in [0.2, 0.25) is 0 Å². The molecule has 0 unspecified atom stereocenters. The molecule has 0 radical (unpaired) electrons. The van der Waals surface area contributed by atoms with E-state index in [1.54, 1.807) is 18.5 Å². The van der Waals surface area contributed by atoms with E-state index in [0.717, 1.165) is 22.7 Å². The van der Waals surface area contributed by atoms with Gasteiger partial charge in [-0.1, -0.05) is 18.2 Å². The van der Waals surface area contributed by atoms with E-state index in [1.807, 2.05) is 73.6 Å². The maximum atomic E-state index is 12.4. The van der Waals surface area contributed by atoms with E-state index < -0.39 is 0 Å². The molecule has 0 aliphatic carbocycles. The van der Waals surface area contributed by atoms with Crippen LogP contribution in [0, 0.1) is 0 Å². The molecule has 0 fully saturated rings.